The van der Waals surface area contributed by atoms with Gasteiger partial charge in [0.15, 0.2) is 40.2 Å². The third kappa shape index (κ3) is 8.17. The first-order chi connectivity index (χ1) is 25.4. The lowest BCUT2D eigenvalue weighted by molar-refractivity contribution is 0.0196. The maximum absolute atomic E-state index is 10.3. The van der Waals surface area contributed by atoms with Crippen LogP contribution in [-0.4, -0.2) is 89.7 Å². The van der Waals surface area contributed by atoms with Crippen molar-refractivity contribution in [3.63, 3.8) is 0 Å². The smallest absolute Gasteiger partial charge is 0.335 e. The van der Waals surface area contributed by atoms with Crippen LogP contribution in [0.1, 0.15) is 44.8 Å². The Morgan fingerprint density at radius 1 is 0.481 bits per heavy atom. The fourth-order valence-electron chi connectivity index (χ4n) is 5.66. The van der Waals surface area contributed by atoms with Gasteiger partial charge >= 0.3 is 5.97 Å². The van der Waals surface area contributed by atoms with Crippen LogP contribution in [-0.2, 0) is 12.8 Å². The van der Waals surface area contributed by atoms with Crippen molar-refractivity contribution in [2.45, 2.75) is 37.3 Å². The van der Waals surface area contributed by atoms with Crippen LogP contribution < -0.4 is 9.47 Å². The second kappa shape index (κ2) is 15.2. The highest BCUT2D eigenvalue weighted by Gasteiger charge is 2.33. The largest absolute Gasteiger partial charge is 0.508 e. The highest BCUT2D eigenvalue weighted by atomic mass is 16.5. The molecule has 284 valence electrons. The maximum Gasteiger partial charge on any atom is 0.335 e. The molecule has 0 saturated carbocycles. The fraction of sp³-hybridized carbons (Fsp3) is 0.162. The third-order valence-corrected chi connectivity index (χ3v) is 8.35. The van der Waals surface area contributed by atoms with E-state index in [4.69, 9.17) is 29.9 Å². The number of benzene rings is 5. The van der Waals surface area contributed by atoms with Gasteiger partial charge in [0, 0.05) is 48.2 Å². The van der Waals surface area contributed by atoms with Gasteiger partial charge in [-0.15, -0.1) is 0 Å². The van der Waals surface area contributed by atoms with Crippen LogP contribution in [0.3, 0.4) is 0 Å². The summed E-state index contributed by atoms with van der Waals surface area (Å²) in [6.45, 7) is 0. The van der Waals surface area contributed by atoms with E-state index in [2.05, 4.69) is 0 Å². The van der Waals surface area contributed by atoms with Gasteiger partial charge in [0.1, 0.15) is 46.7 Å². The number of fused-ring (bicyclic) bond motifs is 2. The predicted octanol–water partition coefficient (Wildman–Crippen LogP) is 3.59. The summed E-state index contributed by atoms with van der Waals surface area (Å²) >= 11 is 0. The molecule has 0 fully saturated rings. The predicted molar refractivity (Wildman–Crippen MR) is 184 cm³/mol. The Kier molecular flexibility index (Phi) is 10.8. The third-order valence-electron chi connectivity index (χ3n) is 8.35. The average Bonchev–Trinajstić information content (AvgIpc) is 3.10. The van der Waals surface area contributed by atoms with E-state index in [1.807, 2.05) is 0 Å². The highest BCUT2D eigenvalue weighted by molar-refractivity contribution is 5.89. The Morgan fingerprint density at radius 2 is 0.870 bits per heavy atom. The number of carboxylic acids is 1. The molecule has 4 atom stereocenters. The summed E-state index contributed by atoms with van der Waals surface area (Å²) < 4.78 is 11.2. The second-order valence-electron chi connectivity index (χ2n) is 12.2. The molecule has 2 heterocycles. The van der Waals surface area contributed by atoms with E-state index in [0.29, 0.717) is 22.3 Å². The van der Waals surface area contributed by atoms with E-state index in [1.165, 1.54) is 60.7 Å². The van der Waals surface area contributed by atoms with Crippen molar-refractivity contribution in [3.8, 4) is 74.7 Å². The summed E-state index contributed by atoms with van der Waals surface area (Å²) in [5.74, 6) is -4.51. The summed E-state index contributed by atoms with van der Waals surface area (Å²) in [5.41, 5.74) is 1.50. The van der Waals surface area contributed by atoms with Gasteiger partial charge in [0.2, 0.25) is 0 Å². The van der Waals surface area contributed by atoms with Gasteiger partial charge in [-0.1, -0.05) is 12.1 Å². The number of carbonyl (C=O) groups is 1. The fourth-order valence-corrected chi connectivity index (χ4v) is 5.66. The van der Waals surface area contributed by atoms with Crippen molar-refractivity contribution in [2.24, 2.45) is 0 Å². The molecule has 0 unspecified atom stereocenters. The van der Waals surface area contributed by atoms with Crippen molar-refractivity contribution in [2.75, 3.05) is 0 Å². The molecule has 17 nitrogen and oxygen atoms in total. The molecule has 0 aliphatic carbocycles. The molecule has 2 aliphatic heterocycles. The normalized spacial score (nSPS) is 18.2. The van der Waals surface area contributed by atoms with Gasteiger partial charge in [0.05, 0.1) is 17.8 Å². The number of aliphatic hydroxyl groups excluding tert-OH is 2. The van der Waals surface area contributed by atoms with Gasteiger partial charge in [-0.2, -0.15) is 0 Å². The van der Waals surface area contributed by atoms with Gasteiger partial charge in [0.25, 0.3) is 0 Å². The van der Waals surface area contributed by atoms with Crippen molar-refractivity contribution < 1.29 is 85.8 Å². The Morgan fingerprint density at radius 3 is 1.22 bits per heavy atom. The number of carboxylic acid groups (broad SMARTS) is 1. The number of rotatable bonds is 3. The number of hydrogen-bond acceptors (Lipinski definition) is 16. The zero-order valence-electron chi connectivity index (χ0n) is 27.6. The lowest BCUT2D eigenvalue weighted by Crippen LogP contribution is -2.30. The lowest BCUT2D eigenvalue weighted by Gasteiger charge is -2.31. The molecule has 0 saturated heterocycles. The summed E-state index contributed by atoms with van der Waals surface area (Å²) in [4.78, 5) is 10.3. The Hall–Kier alpha value is -7.11. The quantitative estimate of drug-likeness (QED) is 0.117. The second-order valence-corrected chi connectivity index (χ2v) is 12.2. The number of phenols is 11. The molecule has 2 aliphatic rings. The van der Waals surface area contributed by atoms with Crippen molar-refractivity contribution in [3.05, 3.63) is 101 Å². The van der Waals surface area contributed by atoms with Crippen molar-refractivity contribution in [1.82, 2.24) is 0 Å². The van der Waals surface area contributed by atoms with Gasteiger partial charge in [-0.05, 0) is 47.5 Å². The minimum atomic E-state index is -1.29. The minimum absolute atomic E-state index is 0.143. The van der Waals surface area contributed by atoms with Crippen LogP contribution in [0.15, 0.2) is 72.8 Å². The Labute approximate surface area is 304 Å². The zero-order chi connectivity index (χ0) is 39.6. The first kappa shape index (κ1) is 38.1. The van der Waals surface area contributed by atoms with E-state index < -0.39 is 47.6 Å². The first-order valence-electron chi connectivity index (χ1n) is 15.7. The van der Waals surface area contributed by atoms with Crippen LogP contribution in [0.25, 0.3) is 0 Å². The molecule has 5 aromatic rings. The number of hydrogen-bond donors (Lipinski definition) is 14. The molecular formula is C37H34O17. The van der Waals surface area contributed by atoms with E-state index >= 15 is 0 Å². The van der Waals surface area contributed by atoms with Gasteiger partial charge < -0.3 is 81.0 Å². The van der Waals surface area contributed by atoms with Crippen LogP contribution >= 0.6 is 0 Å². The van der Waals surface area contributed by atoms with E-state index in [1.54, 1.807) is 0 Å². The van der Waals surface area contributed by atoms with Crippen LogP contribution in [0.5, 0.6) is 74.7 Å². The highest BCUT2D eigenvalue weighted by Crippen LogP contribution is 2.44. The molecule has 14 N–H and O–H groups in total. The molecule has 5 aromatic carbocycles. The summed E-state index contributed by atoms with van der Waals surface area (Å²) in [6.07, 6.45) is -3.12. The molecule has 0 bridgehead atoms. The van der Waals surface area contributed by atoms with Crippen molar-refractivity contribution >= 4 is 5.97 Å². The molecule has 0 spiro atoms. The monoisotopic (exact) mass is 750 g/mol. The number of phenolic OH excluding ortho intramolecular Hbond substituents is 11. The molecule has 0 radical (unpaired) electrons. The summed E-state index contributed by atoms with van der Waals surface area (Å²) in [7, 11) is 0. The molecular weight excluding hydrogens is 716 g/mol. The molecule has 0 amide bonds. The number of aromatic hydroxyl groups is 11. The molecule has 54 heavy (non-hydrogen) atoms. The number of ether oxygens (including phenoxy) is 2. The van der Waals surface area contributed by atoms with E-state index in [-0.39, 0.29) is 75.9 Å². The summed E-state index contributed by atoms with van der Waals surface area (Å²) in [6, 6.07) is 15.0. The minimum Gasteiger partial charge on any atom is -0.508 e. The van der Waals surface area contributed by atoms with E-state index in [0.717, 1.165) is 12.1 Å². The first-order valence-corrected chi connectivity index (χ1v) is 15.7. The van der Waals surface area contributed by atoms with Crippen LogP contribution in [0.4, 0.5) is 0 Å². The number of aliphatic hydroxyl groups is 2. The zero-order valence-corrected chi connectivity index (χ0v) is 27.6. The van der Waals surface area contributed by atoms with Crippen LogP contribution in [0.2, 0.25) is 0 Å². The van der Waals surface area contributed by atoms with Crippen molar-refractivity contribution in [1.29, 1.82) is 0 Å². The van der Waals surface area contributed by atoms with Gasteiger partial charge in [-0.3, -0.25) is 0 Å². The molecule has 17 heteroatoms. The average molecular weight is 751 g/mol. The topological polar surface area (TPSA) is 319 Å². The number of aromatic carboxylic acids is 1. The Bertz CT molecular complexity index is 2060. The SMILES string of the molecule is O=C(O)c1cc(O)c(O)c(O)c1.Oc1cc(O)c2c(c1)O[C@H](c1ccc(O)c(O)c1)[C@@H](O)C2.Oc1cc(O)c2c(c1)O[C@H](c1ccc(O)c(O)c1)[C@@H](O)C2. The van der Waals surface area contributed by atoms with E-state index in [9.17, 15) is 55.9 Å². The Balaban J connectivity index is 0.000000162. The molecule has 7 rings (SSSR count). The van der Waals surface area contributed by atoms with Gasteiger partial charge in [-0.25, -0.2) is 4.79 Å². The standard InChI is InChI=1S/2C15H14O6.C7H6O5/c2*16-8-4-11(18)9-6-13(20)15(21-14(9)5-8)7-1-2-10(17)12(19)3-7;8-4-1-3(7(11)12)2-5(9)6(4)10/h2*1-5,13,15-20H,6H2;1-2,8-10H,(H,11,12)/t2*13-,15+;/m00./s1. The molecule has 0 aromatic heterocycles. The lowest BCUT2D eigenvalue weighted by atomic mass is 9.94. The van der Waals surface area contributed by atoms with Crippen LogP contribution in [0, 0.1) is 0 Å². The maximum atomic E-state index is 10.3. The summed E-state index contributed by atoms with van der Waals surface area (Å²) in [5, 5.41) is 132.